The molecule has 2 aromatic heterocycles. The number of amides is 1. The highest BCUT2D eigenvalue weighted by atomic mass is 16.3. The van der Waals surface area contributed by atoms with Crippen molar-refractivity contribution in [1.82, 2.24) is 19.8 Å². The first-order valence-electron chi connectivity index (χ1n) is 11.9. The smallest absolute Gasteiger partial charge is 0.289 e. The maximum absolute atomic E-state index is 13.1. The van der Waals surface area contributed by atoms with Crippen LogP contribution in [-0.4, -0.2) is 71.0 Å². The van der Waals surface area contributed by atoms with Gasteiger partial charge < -0.3 is 14.2 Å². The van der Waals surface area contributed by atoms with Gasteiger partial charge in [0.25, 0.3) is 5.91 Å². The van der Waals surface area contributed by atoms with E-state index in [0.29, 0.717) is 18.8 Å². The zero-order valence-electron chi connectivity index (χ0n) is 18.4. The van der Waals surface area contributed by atoms with Crippen LogP contribution in [0.2, 0.25) is 0 Å². The topological polar surface area (TPSA) is 65.7 Å². The van der Waals surface area contributed by atoms with Crippen LogP contribution in [0.1, 0.15) is 41.1 Å². The minimum atomic E-state index is -0.0469. The largest absolute Gasteiger partial charge is 0.451 e. The summed E-state index contributed by atoms with van der Waals surface area (Å²) in [6.07, 6.45) is 7.60. The molecular weight excluding hydrogens is 402 g/mol. The Morgan fingerprint density at radius 1 is 1.00 bits per heavy atom. The molecule has 3 aliphatic rings. The number of furan rings is 1. The lowest BCUT2D eigenvalue weighted by Crippen LogP contribution is -2.52. The van der Waals surface area contributed by atoms with Crippen LogP contribution in [0.5, 0.6) is 0 Å². The molecule has 0 bridgehead atoms. The van der Waals surface area contributed by atoms with Crippen molar-refractivity contribution in [2.75, 3.05) is 44.2 Å². The third-order valence-electron chi connectivity index (χ3n) is 7.32. The number of nitrogens with zero attached hydrogens (tertiary/aromatic N) is 5. The van der Waals surface area contributed by atoms with E-state index in [1.54, 1.807) is 0 Å². The van der Waals surface area contributed by atoms with Crippen molar-refractivity contribution in [3.63, 3.8) is 0 Å². The molecule has 7 nitrogen and oxygen atoms in total. The molecule has 1 aliphatic carbocycles. The molecule has 2 aliphatic heterocycles. The highest BCUT2D eigenvalue weighted by Gasteiger charge is 2.29. The van der Waals surface area contributed by atoms with E-state index in [0.717, 1.165) is 73.2 Å². The normalized spacial score (nSPS) is 20.1. The van der Waals surface area contributed by atoms with Crippen LogP contribution in [0.25, 0.3) is 11.0 Å². The molecule has 166 valence electrons. The predicted octanol–water partition coefficient (Wildman–Crippen LogP) is 3.14. The van der Waals surface area contributed by atoms with Gasteiger partial charge in [-0.3, -0.25) is 9.69 Å². The quantitative estimate of drug-likeness (QED) is 0.635. The van der Waals surface area contributed by atoms with Crippen LogP contribution in [0.4, 0.5) is 5.95 Å². The van der Waals surface area contributed by atoms with Gasteiger partial charge in [0.15, 0.2) is 5.76 Å². The Hall–Kier alpha value is -2.93. The number of fused-ring (bicyclic) bond motifs is 2. The molecule has 7 heteroatoms. The summed E-state index contributed by atoms with van der Waals surface area (Å²) in [5.41, 5.74) is 2.99. The Kier molecular flexibility index (Phi) is 5.06. The van der Waals surface area contributed by atoms with Gasteiger partial charge in [-0.15, -0.1) is 0 Å². The Morgan fingerprint density at radius 3 is 2.59 bits per heavy atom. The second-order valence-electron chi connectivity index (χ2n) is 9.19. The van der Waals surface area contributed by atoms with Gasteiger partial charge in [-0.05, 0) is 37.0 Å². The van der Waals surface area contributed by atoms with E-state index in [1.165, 1.54) is 19.3 Å². The van der Waals surface area contributed by atoms with Crippen molar-refractivity contribution in [2.24, 2.45) is 0 Å². The maximum Gasteiger partial charge on any atom is 0.289 e. The lowest BCUT2D eigenvalue weighted by molar-refractivity contribution is 0.0733. The average Bonchev–Trinajstić information content (AvgIpc) is 3.11. The van der Waals surface area contributed by atoms with Gasteiger partial charge in [0.1, 0.15) is 5.58 Å². The molecule has 32 heavy (non-hydrogen) atoms. The number of carbonyl (C=O) groups excluding carboxylic acids is 1. The lowest BCUT2D eigenvalue weighted by Gasteiger charge is -2.43. The summed E-state index contributed by atoms with van der Waals surface area (Å²) in [7, 11) is 0. The molecule has 1 aromatic carbocycles. The number of benzene rings is 1. The van der Waals surface area contributed by atoms with E-state index < -0.39 is 0 Å². The zero-order valence-corrected chi connectivity index (χ0v) is 18.4. The number of aromatic nitrogens is 2. The van der Waals surface area contributed by atoms with E-state index in [-0.39, 0.29) is 5.91 Å². The molecule has 1 amide bonds. The number of para-hydroxylation sites is 1. The van der Waals surface area contributed by atoms with Gasteiger partial charge in [-0.2, -0.15) is 0 Å². The highest BCUT2D eigenvalue weighted by molar-refractivity contribution is 5.96. The summed E-state index contributed by atoms with van der Waals surface area (Å²) in [6.45, 7) is 5.49. The molecule has 0 spiro atoms. The summed E-state index contributed by atoms with van der Waals surface area (Å²) in [5, 5.41) is 0.960. The Morgan fingerprint density at radius 2 is 1.81 bits per heavy atom. The number of hydrogen-bond acceptors (Lipinski definition) is 6. The number of hydrogen-bond donors (Lipinski definition) is 0. The summed E-state index contributed by atoms with van der Waals surface area (Å²) in [5.74, 6) is 1.21. The minimum absolute atomic E-state index is 0.0469. The molecule has 6 rings (SSSR count). The van der Waals surface area contributed by atoms with E-state index in [9.17, 15) is 4.79 Å². The molecule has 0 atom stereocenters. The second kappa shape index (κ2) is 8.20. The van der Waals surface area contributed by atoms with Crippen molar-refractivity contribution < 1.29 is 9.21 Å². The fourth-order valence-electron chi connectivity index (χ4n) is 5.10. The van der Waals surface area contributed by atoms with Crippen LogP contribution in [-0.2, 0) is 12.8 Å². The van der Waals surface area contributed by atoms with Crippen LogP contribution >= 0.6 is 0 Å². The first kappa shape index (κ1) is 19.7. The van der Waals surface area contributed by atoms with Gasteiger partial charge in [0.05, 0.1) is 5.69 Å². The van der Waals surface area contributed by atoms with Crippen molar-refractivity contribution in [3.05, 3.63) is 53.5 Å². The first-order valence-corrected chi connectivity index (χ1v) is 11.9. The van der Waals surface area contributed by atoms with Crippen LogP contribution < -0.4 is 4.90 Å². The average molecular weight is 432 g/mol. The Labute approximate surface area is 188 Å². The highest BCUT2D eigenvalue weighted by Crippen LogP contribution is 2.27. The Bertz CT molecular complexity index is 1100. The fraction of sp³-hybridized carbons (Fsp3) is 0.480. The lowest BCUT2D eigenvalue weighted by atomic mass is 9.91. The van der Waals surface area contributed by atoms with Crippen LogP contribution in [0, 0.1) is 0 Å². The molecule has 0 unspecified atom stereocenters. The summed E-state index contributed by atoms with van der Waals surface area (Å²) >= 11 is 0. The zero-order chi connectivity index (χ0) is 21.5. The minimum Gasteiger partial charge on any atom is -0.451 e. The molecule has 1 saturated carbocycles. The SMILES string of the molecule is O=C(c1cc2ccccc2o1)N1CCc2cnc(N3CCN(C4CCC4)CC3)nc2CC1. The van der Waals surface area contributed by atoms with Crippen molar-refractivity contribution in [3.8, 4) is 0 Å². The monoisotopic (exact) mass is 431 g/mol. The number of rotatable bonds is 3. The molecule has 1 saturated heterocycles. The van der Waals surface area contributed by atoms with Gasteiger partial charge >= 0.3 is 0 Å². The van der Waals surface area contributed by atoms with Crippen molar-refractivity contribution in [2.45, 2.75) is 38.1 Å². The summed E-state index contributed by atoms with van der Waals surface area (Å²) in [4.78, 5) is 29.5. The van der Waals surface area contributed by atoms with Gasteiger partial charge in [0, 0.05) is 63.3 Å². The second-order valence-corrected chi connectivity index (χ2v) is 9.19. The summed E-state index contributed by atoms with van der Waals surface area (Å²) in [6, 6.07) is 10.4. The molecule has 2 fully saturated rings. The van der Waals surface area contributed by atoms with Gasteiger partial charge in [-0.1, -0.05) is 24.6 Å². The summed E-state index contributed by atoms with van der Waals surface area (Å²) < 4.78 is 5.81. The molecule has 4 heterocycles. The third kappa shape index (κ3) is 3.64. The van der Waals surface area contributed by atoms with E-state index in [1.807, 2.05) is 41.4 Å². The molecule has 3 aromatic rings. The Balaban J connectivity index is 1.13. The van der Waals surface area contributed by atoms with Crippen molar-refractivity contribution >= 4 is 22.8 Å². The van der Waals surface area contributed by atoms with Crippen LogP contribution in [0.3, 0.4) is 0 Å². The van der Waals surface area contributed by atoms with Crippen LogP contribution in [0.15, 0.2) is 40.9 Å². The van der Waals surface area contributed by atoms with Crippen molar-refractivity contribution in [1.29, 1.82) is 0 Å². The van der Waals surface area contributed by atoms with E-state index in [2.05, 4.69) is 9.80 Å². The van der Waals surface area contributed by atoms with Gasteiger partial charge in [0.2, 0.25) is 5.95 Å². The standard InChI is InChI=1S/C25H29N5O2/c31-24(23-16-18-4-1-2-7-22(18)32-23)29-10-8-19-17-26-25(27-21(19)9-11-29)30-14-12-28(13-15-30)20-5-3-6-20/h1-2,4,7,16-17,20H,3,5-6,8-15H2. The molecular formula is C25H29N5O2. The van der Waals surface area contributed by atoms with Gasteiger partial charge in [-0.25, -0.2) is 9.97 Å². The van der Waals surface area contributed by atoms with E-state index >= 15 is 0 Å². The molecule has 0 N–H and O–H groups in total. The number of piperazine rings is 1. The van der Waals surface area contributed by atoms with E-state index in [4.69, 9.17) is 14.4 Å². The third-order valence-corrected chi connectivity index (χ3v) is 7.32. The molecule has 0 radical (unpaired) electrons. The number of carbonyl (C=O) groups is 1. The number of anilines is 1. The predicted molar refractivity (Wildman–Crippen MR) is 123 cm³/mol. The fourth-order valence-corrected chi connectivity index (χ4v) is 5.10. The first-order chi connectivity index (χ1) is 15.7. The maximum atomic E-state index is 13.1.